The minimum Gasteiger partial charge on any atom is -0.330 e. The highest BCUT2D eigenvalue weighted by atomic mass is 15.1. The monoisotopic (exact) mass is 231 g/mol. The molecule has 1 atom stereocenters. The molecule has 0 bridgehead atoms. The van der Waals surface area contributed by atoms with Crippen LogP contribution in [0, 0.1) is 5.92 Å². The van der Waals surface area contributed by atoms with Crippen LogP contribution in [0.4, 0.5) is 0 Å². The number of aryl methyl sites for hydroxylation is 1. The minimum atomic E-state index is 0.509. The highest BCUT2D eigenvalue weighted by Gasteiger charge is 2.10. The van der Waals surface area contributed by atoms with Gasteiger partial charge in [0.05, 0.1) is 17.6 Å². The fourth-order valence-corrected chi connectivity index (χ4v) is 1.84. The van der Waals surface area contributed by atoms with Crippen molar-refractivity contribution in [2.24, 2.45) is 13.0 Å². The molecule has 3 heteroatoms. The van der Waals surface area contributed by atoms with Gasteiger partial charge in [0.15, 0.2) is 0 Å². The summed E-state index contributed by atoms with van der Waals surface area (Å²) in [4.78, 5) is 4.64. The van der Waals surface area contributed by atoms with E-state index >= 15 is 0 Å². The van der Waals surface area contributed by atoms with Crippen LogP contribution in [0.2, 0.25) is 0 Å². The van der Waals surface area contributed by atoms with Crippen molar-refractivity contribution in [2.75, 3.05) is 0 Å². The first-order valence-electron chi connectivity index (χ1n) is 6.23. The van der Waals surface area contributed by atoms with E-state index in [2.05, 4.69) is 60.9 Å². The number of nitrogens with one attached hydrogen (secondary N) is 1. The molecule has 92 valence electrons. The first kappa shape index (κ1) is 12.1. The fraction of sp³-hybridized carbons (Fsp3) is 0.500. The third kappa shape index (κ3) is 2.50. The highest BCUT2D eigenvalue weighted by molar-refractivity contribution is 5.75. The van der Waals surface area contributed by atoms with Gasteiger partial charge in [0.2, 0.25) is 0 Å². The Labute approximate surface area is 103 Å². The third-order valence-electron chi connectivity index (χ3n) is 3.46. The van der Waals surface area contributed by atoms with Gasteiger partial charge in [0.25, 0.3) is 0 Å². The maximum Gasteiger partial charge on any atom is 0.123 e. The number of rotatable bonds is 4. The summed E-state index contributed by atoms with van der Waals surface area (Å²) in [6.45, 7) is 7.50. The Morgan fingerprint density at radius 1 is 1.24 bits per heavy atom. The van der Waals surface area contributed by atoms with Crippen molar-refractivity contribution in [2.45, 2.75) is 33.4 Å². The van der Waals surface area contributed by atoms with E-state index in [9.17, 15) is 0 Å². The number of hydrogen-bond donors (Lipinski definition) is 1. The Hall–Kier alpha value is -1.35. The van der Waals surface area contributed by atoms with Crippen molar-refractivity contribution in [1.82, 2.24) is 14.9 Å². The van der Waals surface area contributed by atoms with Gasteiger partial charge in [-0.15, -0.1) is 0 Å². The van der Waals surface area contributed by atoms with Crippen LogP contribution in [0.1, 0.15) is 26.6 Å². The molecule has 0 aliphatic heterocycles. The summed E-state index contributed by atoms with van der Waals surface area (Å²) in [6.07, 6.45) is 0. The van der Waals surface area contributed by atoms with E-state index in [4.69, 9.17) is 0 Å². The Kier molecular flexibility index (Phi) is 3.48. The zero-order valence-electron chi connectivity index (χ0n) is 11.1. The molecule has 0 radical (unpaired) electrons. The smallest absolute Gasteiger partial charge is 0.123 e. The molecule has 0 spiro atoms. The lowest BCUT2D eigenvalue weighted by molar-refractivity contribution is 0.419. The van der Waals surface area contributed by atoms with Gasteiger partial charge in [-0.05, 0) is 25.0 Å². The quantitative estimate of drug-likeness (QED) is 0.876. The maximum atomic E-state index is 4.64. The molecular formula is C14H21N3. The average Bonchev–Trinajstić information content (AvgIpc) is 2.64. The summed E-state index contributed by atoms with van der Waals surface area (Å²) >= 11 is 0. The summed E-state index contributed by atoms with van der Waals surface area (Å²) in [5, 5.41) is 3.52. The first-order chi connectivity index (χ1) is 8.09. The average molecular weight is 231 g/mol. The van der Waals surface area contributed by atoms with E-state index in [-0.39, 0.29) is 0 Å². The van der Waals surface area contributed by atoms with Crippen LogP contribution in [-0.4, -0.2) is 15.6 Å². The van der Waals surface area contributed by atoms with Gasteiger partial charge in [-0.25, -0.2) is 4.98 Å². The van der Waals surface area contributed by atoms with Gasteiger partial charge in [-0.2, -0.15) is 0 Å². The van der Waals surface area contributed by atoms with E-state index in [1.807, 2.05) is 6.07 Å². The normalized spacial score (nSPS) is 13.5. The molecule has 1 N–H and O–H groups in total. The standard InChI is InChI=1S/C14H21N3/c1-10(2)11(3)15-9-14-16-12-7-5-6-8-13(12)17(14)4/h5-8,10-11,15H,9H2,1-4H3. The van der Waals surface area contributed by atoms with Crippen molar-refractivity contribution >= 4 is 11.0 Å². The lowest BCUT2D eigenvalue weighted by Crippen LogP contribution is -2.31. The molecule has 0 aliphatic carbocycles. The number of nitrogens with zero attached hydrogens (tertiary/aromatic N) is 2. The number of para-hydroxylation sites is 2. The summed E-state index contributed by atoms with van der Waals surface area (Å²) < 4.78 is 2.16. The fourth-order valence-electron chi connectivity index (χ4n) is 1.84. The summed E-state index contributed by atoms with van der Waals surface area (Å²) in [5.74, 6) is 1.74. The van der Waals surface area contributed by atoms with E-state index in [1.54, 1.807) is 0 Å². The van der Waals surface area contributed by atoms with Crippen molar-refractivity contribution in [3.05, 3.63) is 30.1 Å². The van der Waals surface area contributed by atoms with Crippen LogP contribution >= 0.6 is 0 Å². The Balaban J connectivity index is 2.16. The molecule has 0 amide bonds. The Morgan fingerprint density at radius 3 is 2.59 bits per heavy atom. The predicted molar refractivity (Wildman–Crippen MR) is 71.9 cm³/mol. The SMILES string of the molecule is CC(C)C(C)NCc1nc2ccccc2n1C. The highest BCUT2D eigenvalue weighted by Crippen LogP contribution is 2.14. The number of aromatic nitrogens is 2. The molecule has 1 aromatic heterocycles. The molecule has 0 aliphatic rings. The number of fused-ring (bicyclic) bond motifs is 1. The molecule has 0 saturated heterocycles. The molecule has 0 fully saturated rings. The lowest BCUT2D eigenvalue weighted by Gasteiger charge is -2.17. The second-order valence-corrected chi connectivity index (χ2v) is 4.99. The number of benzene rings is 1. The van der Waals surface area contributed by atoms with Crippen LogP contribution < -0.4 is 5.32 Å². The van der Waals surface area contributed by atoms with Gasteiger partial charge in [0, 0.05) is 13.1 Å². The largest absolute Gasteiger partial charge is 0.330 e. The zero-order chi connectivity index (χ0) is 12.4. The van der Waals surface area contributed by atoms with Crippen molar-refractivity contribution in [1.29, 1.82) is 0 Å². The second kappa shape index (κ2) is 4.88. The molecule has 0 saturated carbocycles. The molecule has 17 heavy (non-hydrogen) atoms. The maximum absolute atomic E-state index is 4.64. The molecule has 1 heterocycles. The lowest BCUT2D eigenvalue weighted by atomic mass is 10.1. The van der Waals surface area contributed by atoms with Crippen molar-refractivity contribution < 1.29 is 0 Å². The van der Waals surface area contributed by atoms with Crippen LogP contribution in [0.5, 0.6) is 0 Å². The predicted octanol–water partition coefficient (Wildman–Crippen LogP) is 2.71. The van der Waals surface area contributed by atoms with E-state index in [0.29, 0.717) is 12.0 Å². The zero-order valence-corrected chi connectivity index (χ0v) is 11.1. The van der Waals surface area contributed by atoms with Crippen LogP contribution in [-0.2, 0) is 13.6 Å². The van der Waals surface area contributed by atoms with E-state index in [0.717, 1.165) is 17.9 Å². The number of imidazole rings is 1. The minimum absolute atomic E-state index is 0.509. The summed E-state index contributed by atoms with van der Waals surface area (Å²) in [6, 6.07) is 8.76. The van der Waals surface area contributed by atoms with Gasteiger partial charge in [-0.1, -0.05) is 26.0 Å². The molecule has 3 nitrogen and oxygen atoms in total. The van der Waals surface area contributed by atoms with Crippen molar-refractivity contribution in [3.63, 3.8) is 0 Å². The van der Waals surface area contributed by atoms with Crippen molar-refractivity contribution in [3.8, 4) is 0 Å². The first-order valence-corrected chi connectivity index (χ1v) is 6.23. The topological polar surface area (TPSA) is 29.9 Å². The Bertz CT molecular complexity index is 499. The van der Waals surface area contributed by atoms with Gasteiger partial charge < -0.3 is 9.88 Å². The molecule has 2 rings (SSSR count). The molecule has 2 aromatic rings. The van der Waals surface area contributed by atoms with Gasteiger partial charge >= 0.3 is 0 Å². The molecule has 1 aromatic carbocycles. The van der Waals surface area contributed by atoms with E-state index < -0.39 is 0 Å². The number of hydrogen-bond acceptors (Lipinski definition) is 2. The van der Waals surface area contributed by atoms with Gasteiger partial charge in [0.1, 0.15) is 5.82 Å². The molecule has 1 unspecified atom stereocenters. The Morgan fingerprint density at radius 2 is 1.94 bits per heavy atom. The molecular weight excluding hydrogens is 210 g/mol. The van der Waals surface area contributed by atoms with E-state index in [1.165, 1.54) is 5.52 Å². The summed E-state index contributed by atoms with van der Waals surface area (Å²) in [5.41, 5.74) is 2.27. The summed E-state index contributed by atoms with van der Waals surface area (Å²) in [7, 11) is 2.08. The van der Waals surface area contributed by atoms with Crippen LogP contribution in [0.15, 0.2) is 24.3 Å². The second-order valence-electron chi connectivity index (χ2n) is 4.99. The third-order valence-corrected chi connectivity index (χ3v) is 3.46. The van der Waals surface area contributed by atoms with Gasteiger partial charge in [-0.3, -0.25) is 0 Å². The van der Waals surface area contributed by atoms with Crippen LogP contribution in [0.3, 0.4) is 0 Å². The van der Waals surface area contributed by atoms with Crippen LogP contribution in [0.25, 0.3) is 11.0 Å².